The van der Waals surface area contributed by atoms with Crippen LogP contribution in [0.1, 0.15) is 13.0 Å². The number of sulfonamides is 1. The number of aliphatic hydroxyl groups is 1. The second-order valence-corrected chi connectivity index (χ2v) is 14.2. The van der Waals surface area contributed by atoms with Gasteiger partial charge in [-0.1, -0.05) is 37.8 Å². The van der Waals surface area contributed by atoms with Crippen LogP contribution in [0.5, 0.6) is 0 Å². The molecule has 4 rings (SSSR count). The lowest BCUT2D eigenvalue weighted by Gasteiger charge is -2.38. The van der Waals surface area contributed by atoms with Crippen molar-refractivity contribution in [3.05, 3.63) is 35.9 Å². The Bertz CT molecular complexity index is 1180. The van der Waals surface area contributed by atoms with Crippen molar-refractivity contribution in [2.45, 2.75) is 32.2 Å². The average Bonchev–Trinajstić information content (AvgIpc) is 2.94. The SMILES string of the molecule is C.CN1CCN(C(=O)OCc2ccccc2)CC1CS(=O)(=O)O.CN1CCNCC1CO.CN1CCNCC1CS(N)(=O)=O. The van der Waals surface area contributed by atoms with Gasteiger partial charge >= 0.3 is 6.09 Å². The van der Waals surface area contributed by atoms with E-state index >= 15 is 0 Å². The van der Waals surface area contributed by atoms with Gasteiger partial charge in [-0.25, -0.2) is 18.4 Å². The molecule has 3 aliphatic heterocycles. The van der Waals surface area contributed by atoms with Crippen LogP contribution >= 0.6 is 0 Å². The van der Waals surface area contributed by atoms with Crippen LogP contribution in [0.25, 0.3) is 0 Å². The number of nitrogens with two attached hydrogens (primary N) is 1. The van der Waals surface area contributed by atoms with E-state index in [1.54, 1.807) is 7.05 Å². The zero-order valence-corrected chi connectivity index (χ0v) is 27.0. The van der Waals surface area contributed by atoms with E-state index in [0.717, 1.165) is 38.3 Å². The third kappa shape index (κ3) is 15.9. The summed E-state index contributed by atoms with van der Waals surface area (Å²) in [4.78, 5) is 19.5. The number of rotatable bonds is 7. The molecule has 6 N–H and O–H groups in total. The molecule has 0 aliphatic carbocycles. The summed E-state index contributed by atoms with van der Waals surface area (Å²) < 4.78 is 57.8. The number of carbonyl (C=O) groups excluding carboxylic acids is 1. The topological polar surface area (TPSA) is 198 Å². The Balaban J connectivity index is 0.000000369. The van der Waals surface area contributed by atoms with Crippen molar-refractivity contribution in [1.82, 2.24) is 30.2 Å². The molecule has 3 unspecified atom stereocenters. The molecule has 3 atom stereocenters. The fourth-order valence-electron chi connectivity index (χ4n) is 4.73. The molecule has 0 bridgehead atoms. The van der Waals surface area contributed by atoms with Crippen molar-refractivity contribution in [2.75, 3.05) is 98.2 Å². The third-order valence-electron chi connectivity index (χ3n) is 7.57. The van der Waals surface area contributed by atoms with E-state index in [4.69, 9.17) is 19.5 Å². The first-order valence-electron chi connectivity index (χ1n) is 14.2. The molecule has 1 aromatic carbocycles. The second-order valence-electron chi connectivity index (χ2n) is 11.1. The Morgan fingerprint density at radius 3 is 1.91 bits per heavy atom. The Labute approximate surface area is 263 Å². The molecule has 3 saturated heterocycles. The number of nitrogens with zero attached hydrogens (tertiary/aromatic N) is 4. The summed E-state index contributed by atoms with van der Waals surface area (Å²) in [7, 11) is -1.70. The van der Waals surface area contributed by atoms with Gasteiger partial charge in [0.2, 0.25) is 10.0 Å². The molecule has 1 aromatic rings. The minimum atomic E-state index is -4.08. The predicted octanol–water partition coefficient (Wildman–Crippen LogP) is -1.48. The number of carbonyl (C=O) groups is 1. The van der Waals surface area contributed by atoms with Gasteiger partial charge in [-0.15, -0.1) is 0 Å². The summed E-state index contributed by atoms with van der Waals surface area (Å²) in [6.07, 6.45) is -0.475. The van der Waals surface area contributed by atoms with Crippen LogP contribution in [-0.2, 0) is 31.5 Å². The molecule has 0 spiro atoms. The van der Waals surface area contributed by atoms with Crippen molar-refractivity contribution in [1.29, 1.82) is 0 Å². The number of likely N-dealkylation sites (N-methyl/N-ethyl adjacent to an activating group) is 3. The van der Waals surface area contributed by atoms with Gasteiger partial charge in [0.05, 0.1) is 18.1 Å². The molecule has 3 heterocycles. The Hall–Kier alpha value is -1.93. The fraction of sp³-hybridized carbons (Fsp3) is 0.741. The fourth-order valence-corrected chi connectivity index (χ4v) is 6.48. The van der Waals surface area contributed by atoms with Crippen LogP contribution in [-0.4, -0.2) is 168 Å². The highest BCUT2D eigenvalue weighted by Gasteiger charge is 2.31. The second kappa shape index (κ2) is 19.6. The van der Waals surface area contributed by atoms with Crippen molar-refractivity contribution in [3.8, 4) is 0 Å². The molecule has 1 amide bonds. The monoisotopic (exact) mass is 667 g/mol. The molecule has 17 heteroatoms. The highest BCUT2D eigenvalue weighted by atomic mass is 32.2. The molecular formula is C27H53N7O8S2. The van der Waals surface area contributed by atoms with Gasteiger partial charge in [-0.3, -0.25) is 19.3 Å². The Morgan fingerprint density at radius 2 is 1.43 bits per heavy atom. The predicted molar refractivity (Wildman–Crippen MR) is 171 cm³/mol. The van der Waals surface area contributed by atoms with Crippen molar-refractivity contribution >= 4 is 26.2 Å². The maximum atomic E-state index is 12.1. The van der Waals surface area contributed by atoms with Gasteiger partial charge in [-0.2, -0.15) is 8.42 Å². The van der Waals surface area contributed by atoms with E-state index in [1.807, 2.05) is 54.2 Å². The normalized spacial score (nSPS) is 23.7. The number of piperazine rings is 3. The molecular weight excluding hydrogens is 614 g/mol. The number of primary sulfonamides is 1. The van der Waals surface area contributed by atoms with E-state index < -0.39 is 38.0 Å². The molecule has 0 radical (unpaired) electrons. The van der Waals surface area contributed by atoms with Crippen LogP contribution in [0, 0.1) is 0 Å². The van der Waals surface area contributed by atoms with Crippen LogP contribution in [0.15, 0.2) is 30.3 Å². The van der Waals surface area contributed by atoms with Gasteiger partial charge in [0, 0.05) is 77.0 Å². The number of benzene rings is 1. The number of ether oxygens (including phenoxy) is 1. The standard InChI is InChI=1S/C14H20N2O5S.C6H15N3O2S.C6H14N2O.CH4/c1-15-7-8-16(9-13(15)11-22(18,19)20)14(17)21-10-12-5-3-2-4-6-12;1-9-3-2-8-4-6(9)5-12(7,10)11;1-8-3-2-7-4-6(8)5-9;/h2-6,13H,7-11H2,1H3,(H,18,19,20);6,8H,2-5H2,1H3,(H2,7,10,11);6-7,9H,2-5H2,1H3;1H4. The van der Waals surface area contributed by atoms with E-state index in [1.165, 1.54) is 4.90 Å². The first-order valence-corrected chi connectivity index (χ1v) is 17.5. The minimum absolute atomic E-state index is 0. The zero-order valence-electron chi connectivity index (χ0n) is 25.3. The number of nitrogens with one attached hydrogen (secondary N) is 2. The quantitative estimate of drug-likeness (QED) is 0.211. The molecule has 3 fully saturated rings. The molecule has 44 heavy (non-hydrogen) atoms. The third-order valence-corrected chi connectivity index (χ3v) is 9.22. The Morgan fingerprint density at radius 1 is 0.886 bits per heavy atom. The van der Waals surface area contributed by atoms with Crippen LogP contribution < -0.4 is 15.8 Å². The molecule has 15 nitrogen and oxygen atoms in total. The average molecular weight is 668 g/mol. The number of amides is 1. The van der Waals surface area contributed by atoms with Crippen molar-refractivity contribution in [2.24, 2.45) is 5.14 Å². The van der Waals surface area contributed by atoms with Gasteiger partial charge in [0.1, 0.15) is 6.61 Å². The first-order chi connectivity index (χ1) is 20.2. The molecule has 3 aliphatic rings. The van der Waals surface area contributed by atoms with Gasteiger partial charge in [-0.05, 0) is 26.7 Å². The van der Waals surface area contributed by atoms with Gasteiger partial charge in [0.25, 0.3) is 10.1 Å². The summed E-state index contributed by atoms with van der Waals surface area (Å²) >= 11 is 0. The summed E-state index contributed by atoms with van der Waals surface area (Å²) in [6, 6.07) is 9.24. The molecule has 256 valence electrons. The Kier molecular flexibility index (Phi) is 17.8. The summed E-state index contributed by atoms with van der Waals surface area (Å²) in [5.74, 6) is -0.359. The summed E-state index contributed by atoms with van der Waals surface area (Å²) in [6.45, 7) is 7.16. The number of aliphatic hydroxyl groups excluding tert-OH is 1. The van der Waals surface area contributed by atoms with Crippen molar-refractivity contribution < 1.29 is 36.0 Å². The van der Waals surface area contributed by atoms with Gasteiger partial charge in [0.15, 0.2) is 0 Å². The smallest absolute Gasteiger partial charge is 0.410 e. The molecule has 0 saturated carbocycles. The summed E-state index contributed by atoms with van der Waals surface area (Å²) in [5.41, 5.74) is 0.888. The van der Waals surface area contributed by atoms with E-state index in [9.17, 15) is 21.6 Å². The summed E-state index contributed by atoms with van der Waals surface area (Å²) in [5, 5.41) is 20.1. The lowest BCUT2D eigenvalue weighted by atomic mass is 10.2. The maximum absolute atomic E-state index is 12.1. The van der Waals surface area contributed by atoms with E-state index in [2.05, 4.69) is 15.5 Å². The number of hydrogen-bond acceptors (Lipinski definition) is 12. The van der Waals surface area contributed by atoms with Crippen LogP contribution in [0.3, 0.4) is 0 Å². The largest absolute Gasteiger partial charge is 0.445 e. The maximum Gasteiger partial charge on any atom is 0.410 e. The zero-order chi connectivity index (χ0) is 32.0. The lowest BCUT2D eigenvalue weighted by Crippen LogP contribution is -2.55. The highest BCUT2D eigenvalue weighted by molar-refractivity contribution is 7.89. The van der Waals surface area contributed by atoms with Gasteiger partial charge < -0.3 is 25.4 Å². The van der Waals surface area contributed by atoms with Crippen LogP contribution in [0.4, 0.5) is 4.79 Å². The lowest BCUT2D eigenvalue weighted by molar-refractivity contribution is 0.0608. The first kappa shape index (κ1) is 40.1. The molecule has 0 aromatic heterocycles. The van der Waals surface area contributed by atoms with E-state index in [0.29, 0.717) is 25.7 Å². The minimum Gasteiger partial charge on any atom is -0.445 e. The van der Waals surface area contributed by atoms with Crippen molar-refractivity contribution in [3.63, 3.8) is 0 Å². The number of hydrogen-bond donors (Lipinski definition) is 5. The highest BCUT2D eigenvalue weighted by Crippen LogP contribution is 2.12. The van der Waals surface area contributed by atoms with Crippen LogP contribution in [0.2, 0.25) is 0 Å². The van der Waals surface area contributed by atoms with E-state index in [-0.39, 0.29) is 39.0 Å².